The predicted molar refractivity (Wildman–Crippen MR) is 86.9 cm³/mol. The molecule has 0 unspecified atom stereocenters. The van der Waals surface area contributed by atoms with E-state index in [1.165, 1.54) is 0 Å². The number of aromatic nitrogens is 2. The third-order valence-corrected chi connectivity index (χ3v) is 4.08. The second-order valence-electron chi connectivity index (χ2n) is 4.99. The molecule has 0 bridgehead atoms. The number of unbranched alkanes of at least 4 members (excludes halogenated alkanes) is 4. The van der Waals surface area contributed by atoms with Crippen molar-refractivity contribution in [3.63, 3.8) is 0 Å². The summed E-state index contributed by atoms with van der Waals surface area (Å²) in [4.78, 5) is 17.9. The first-order chi connectivity index (χ1) is 10.2. The summed E-state index contributed by atoms with van der Waals surface area (Å²) in [5.41, 5.74) is 1.93. The Morgan fingerprint density at radius 2 is 1.90 bits per heavy atom. The van der Waals surface area contributed by atoms with Crippen molar-refractivity contribution in [2.75, 3.05) is 0 Å². The number of nitrogens with zero attached hydrogens (tertiary/aromatic N) is 1. The molecule has 1 aromatic heterocycles. The summed E-state index contributed by atoms with van der Waals surface area (Å²) in [5, 5.41) is 1.09. The van der Waals surface area contributed by atoms with Crippen LogP contribution in [0.25, 0.3) is 11.3 Å². The first kappa shape index (κ1) is 16.1. The van der Waals surface area contributed by atoms with Crippen molar-refractivity contribution in [1.29, 1.82) is 0 Å². The van der Waals surface area contributed by atoms with Gasteiger partial charge in [-0.05, 0) is 25.0 Å². The smallest absolute Gasteiger partial charge is 0.119 e. The fraction of sp³-hybridized carbons (Fsp3) is 0.375. The SMILES string of the molecule is O=CCCCCCCc1ncc(-c2ccc(Cl)c(Cl)c2)[nH]1. The van der Waals surface area contributed by atoms with Crippen molar-refractivity contribution in [2.24, 2.45) is 0 Å². The van der Waals surface area contributed by atoms with E-state index < -0.39 is 0 Å². The predicted octanol–water partition coefficient (Wildman–Crippen LogP) is 5.08. The number of rotatable bonds is 8. The lowest BCUT2D eigenvalue weighted by molar-refractivity contribution is -0.107. The molecule has 1 heterocycles. The average Bonchev–Trinajstić information content (AvgIpc) is 2.94. The highest BCUT2D eigenvalue weighted by atomic mass is 35.5. The topological polar surface area (TPSA) is 45.8 Å². The van der Waals surface area contributed by atoms with E-state index in [2.05, 4.69) is 9.97 Å². The number of aryl methyl sites for hydroxylation is 1. The van der Waals surface area contributed by atoms with Gasteiger partial charge < -0.3 is 9.78 Å². The van der Waals surface area contributed by atoms with Gasteiger partial charge in [0.1, 0.15) is 12.1 Å². The first-order valence-electron chi connectivity index (χ1n) is 7.13. The second kappa shape index (κ2) is 8.20. The largest absolute Gasteiger partial charge is 0.342 e. The van der Waals surface area contributed by atoms with Gasteiger partial charge in [-0.2, -0.15) is 0 Å². The summed E-state index contributed by atoms with van der Waals surface area (Å²) in [6, 6.07) is 5.54. The molecule has 21 heavy (non-hydrogen) atoms. The van der Waals surface area contributed by atoms with Crippen LogP contribution in [0.5, 0.6) is 0 Å². The Kier molecular flexibility index (Phi) is 6.27. The fourth-order valence-electron chi connectivity index (χ4n) is 2.17. The standard InChI is InChI=1S/C16H18Cl2N2O/c17-13-8-7-12(10-14(13)18)15-11-19-16(20-15)6-4-2-1-3-5-9-21/h7-11H,1-6H2,(H,19,20). The van der Waals surface area contributed by atoms with Gasteiger partial charge in [0, 0.05) is 18.4 Å². The molecule has 0 saturated heterocycles. The van der Waals surface area contributed by atoms with Crippen molar-refractivity contribution < 1.29 is 4.79 Å². The quantitative estimate of drug-likeness (QED) is 0.544. The minimum Gasteiger partial charge on any atom is -0.342 e. The molecule has 0 radical (unpaired) electrons. The van der Waals surface area contributed by atoms with Crippen LogP contribution in [0.1, 0.15) is 37.9 Å². The number of carbonyl (C=O) groups excluding carboxylic acids is 1. The zero-order chi connectivity index (χ0) is 15.1. The molecule has 112 valence electrons. The number of carbonyl (C=O) groups is 1. The molecule has 0 fully saturated rings. The number of benzene rings is 1. The molecule has 5 heteroatoms. The highest BCUT2D eigenvalue weighted by Crippen LogP contribution is 2.27. The van der Waals surface area contributed by atoms with E-state index in [9.17, 15) is 4.79 Å². The zero-order valence-electron chi connectivity index (χ0n) is 11.7. The molecular formula is C16H18Cl2N2O. The number of hydrogen-bond acceptors (Lipinski definition) is 2. The Morgan fingerprint density at radius 1 is 1.10 bits per heavy atom. The summed E-state index contributed by atoms with van der Waals surface area (Å²) < 4.78 is 0. The zero-order valence-corrected chi connectivity index (χ0v) is 13.3. The number of aldehydes is 1. The first-order valence-corrected chi connectivity index (χ1v) is 7.89. The van der Waals surface area contributed by atoms with Gasteiger partial charge in [-0.25, -0.2) is 4.98 Å². The van der Waals surface area contributed by atoms with Crippen molar-refractivity contribution in [3.05, 3.63) is 40.3 Å². The number of imidazole rings is 1. The molecule has 2 rings (SSSR count). The van der Waals surface area contributed by atoms with Gasteiger partial charge in [0.2, 0.25) is 0 Å². The third kappa shape index (κ3) is 4.87. The average molecular weight is 325 g/mol. The van der Waals surface area contributed by atoms with Crippen LogP contribution in [-0.2, 0) is 11.2 Å². The van der Waals surface area contributed by atoms with Crippen LogP contribution in [0.2, 0.25) is 10.0 Å². The summed E-state index contributed by atoms with van der Waals surface area (Å²) in [6.45, 7) is 0. The summed E-state index contributed by atoms with van der Waals surface area (Å²) in [5.74, 6) is 0.978. The Labute approximate surface area is 134 Å². The summed E-state index contributed by atoms with van der Waals surface area (Å²) >= 11 is 11.9. The van der Waals surface area contributed by atoms with E-state index in [0.717, 1.165) is 55.5 Å². The van der Waals surface area contributed by atoms with E-state index in [-0.39, 0.29) is 0 Å². The molecule has 0 amide bonds. The molecular weight excluding hydrogens is 307 g/mol. The summed E-state index contributed by atoms with van der Waals surface area (Å²) in [6.07, 6.45) is 8.67. The number of aromatic amines is 1. The molecule has 0 atom stereocenters. The van der Waals surface area contributed by atoms with Crippen molar-refractivity contribution in [1.82, 2.24) is 9.97 Å². The maximum absolute atomic E-state index is 10.2. The van der Waals surface area contributed by atoms with Gasteiger partial charge in [0.05, 0.1) is 21.9 Å². The molecule has 0 spiro atoms. The Morgan fingerprint density at radius 3 is 2.67 bits per heavy atom. The van der Waals surface area contributed by atoms with E-state index in [1.54, 1.807) is 6.07 Å². The molecule has 2 aromatic rings. The minimum atomic E-state index is 0.542. The van der Waals surface area contributed by atoms with Crippen molar-refractivity contribution >= 4 is 29.5 Å². The van der Waals surface area contributed by atoms with Crippen molar-refractivity contribution in [3.8, 4) is 11.3 Å². The lowest BCUT2D eigenvalue weighted by Crippen LogP contribution is -1.89. The Balaban J connectivity index is 1.86. The molecule has 0 aliphatic carbocycles. The van der Waals surface area contributed by atoms with Gasteiger partial charge in [-0.3, -0.25) is 0 Å². The van der Waals surface area contributed by atoms with E-state index in [0.29, 0.717) is 16.5 Å². The molecule has 0 aliphatic rings. The number of hydrogen-bond donors (Lipinski definition) is 1. The second-order valence-corrected chi connectivity index (χ2v) is 5.81. The number of nitrogens with one attached hydrogen (secondary N) is 1. The summed E-state index contributed by atoms with van der Waals surface area (Å²) in [7, 11) is 0. The normalized spacial score (nSPS) is 10.8. The molecule has 3 nitrogen and oxygen atoms in total. The van der Waals surface area contributed by atoms with E-state index in [1.807, 2.05) is 18.3 Å². The Bertz CT molecular complexity index is 596. The monoisotopic (exact) mass is 324 g/mol. The van der Waals surface area contributed by atoms with Crippen LogP contribution >= 0.6 is 23.2 Å². The van der Waals surface area contributed by atoms with Crippen LogP contribution in [0.15, 0.2) is 24.4 Å². The molecule has 1 aromatic carbocycles. The molecule has 0 aliphatic heterocycles. The van der Waals surface area contributed by atoms with Crippen molar-refractivity contribution in [2.45, 2.75) is 38.5 Å². The van der Waals surface area contributed by atoms with Crippen LogP contribution in [0, 0.1) is 0 Å². The maximum atomic E-state index is 10.2. The fourth-order valence-corrected chi connectivity index (χ4v) is 2.47. The molecule has 0 saturated carbocycles. The van der Waals surface area contributed by atoms with Gasteiger partial charge in [0.15, 0.2) is 0 Å². The van der Waals surface area contributed by atoms with Crippen LogP contribution in [0.4, 0.5) is 0 Å². The number of halogens is 2. The van der Waals surface area contributed by atoms with Gasteiger partial charge in [-0.15, -0.1) is 0 Å². The highest BCUT2D eigenvalue weighted by molar-refractivity contribution is 6.42. The van der Waals surface area contributed by atoms with Gasteiger partial charge in [0.25, 0.3) is 0 Å². The highest BCUT2D eigenvalue weighted by Gasteiger charge is 2.05. The van der Waals surface area contributed by atoms with Gasteiger partial charge >= 0.3 is 0 Å². The minimum absolute atomic E-state index is 0.542. The van der Waals surface area contributed by atoms with Gasteiger partial charge in [-0.1, -0.05) is 42.1 Å². The maximum Gasteiger partial charge on any atom is 0.119 e. The Hall–Kier alpha value is -1.32. The van der Waals surface area contributed by atoms with E-state index >= 15 is 0 Å². The van der Waals surface area contributed by atoms with E-state index in [4.69, 9.17) is 23.2 Å². The lowest BCUT2D eigenvalue weighted by atomic mass is 10.1. The third-order valence-electron chi connectivity index (χ3n) is 3.34. The lowest BCUT2D eigenvalue weighted by Gasteiger charge is -2.01. The van der Waals surface area contributed by atoms with Crippen LogP contribution in [-0.4, -0.2) is 16.3 Å². The van der Waals surface area contributed by atoms with Crippen LogP contribution in [0.3, 0.4) is 0 Å². The van der Waals surface area contributed by atoms with Crippen LogP contribution < -0.4 is 0 Å². The molecule has 1 N–H and O–H groups in total. The number of H-pyrrole nitrogens is 1.